The van der Waals surface area contributed by atoms with Gasteiger partial charge >= 0.3 is 0 Å². The molecule has 0 aliphatic carbocycles. The van der Waals surface area contributed by atoms with Gasteiger partial charge in [0.15, 0.2) is 0 Å². The molecule has 0 aromatic rings. The molecule has 0 bridgehead atoms. The van der Waals surface area contributed by atoms with Gasteiger partial charge in [0.1, 0.15) is 0 Å². The van der Waals surface area contributed by atoms with Crippen molar-refractivity contribution in [3.05, 3.63) is 0 Å². The first-order valence-electron chi connectivity index (χ1n) is 2.91. The molecule has 0 radical (unpaired) electrons. The third kappa shape index (κ3) is 10.8. The van der Waals surface area contributed by atoms with Crippen molar-refractivity contribution in [1.29, 1.82) is 0 Å². The first kappa shape index (κ1) is 10.6. The largest absolute Gasteiger partial charge is 0.0654 e. The van der Waals surface area contributed by atoms with Crippen molar-refractivity contribution in [3.8, 4) is 0 Å². The number of rotatable bonds is 3. The molecule has 1 heteroatoms. The minimum absolute atomic E-state index is 0. The third-order valence-corrected chi connectivity index (χ3v) is 0.957. The Kier molecular flexibility index (Phi) is 14.8. The van der Waals surface area contributed by atoms with Crippen LogP contribution in [0, 0.1) is 0 Å². The van der Waals surface area contributed by atoms with Crippen molar-refractivity contribution in [2.24, 2.45) is 0 Å². The van der Waals surface area contributed by atoms with Crippen LogP contribution < -0.4 is 0 Å². The van der Waals surface area contributed by atoms with Crippen LogP contribution in [-0.2, 0) is 19.5 Å². The second-order valence-corrected chi connectivity index (χ2v) is 1.71. The second kappa shape index (κ2) is 9.80. The maximum atomic E-state index is 2.23. The van der Waals surface area contributed by atoms with E-state index in [0.29, 0.717) is 0 Å². The summed E-state index contributed by atoms with van der Waals surface area (Å²) in [5.41, 5.74) is 0. The first-order chi connectivity index (χ1) is 2.91. The van der Waals surface area contributed by atoms with Crippen LogP contribution in [0.3, 0.4) is 0 Å². The van der Waals surface area contributed by atoms with Crippen molar-refractivity contribution in [2.45, 2.75) is 39.5 Å². The molecule has 7 heavy (non-hydrogen) atoms. The molecule has 46 valence electrons. The zero-order chi connectivity index (χ0) is 4.83. The van der Waals surface area contributed by atoms with Gasteiger partial charge in [-0.1, -0.05) is 39.5 Å². The third-order valence-electron chi connectivity index (χ3n) is 0.957. The maximum Gasteiger partial charge on any atom is 0 e. The average molecular weight is 187 g/mol. The standard InChI is InChI=1S/C6H14.Ru/c1-3-5-6-4-2;/h3-6H2,1-2H3;. The van der Waals surface area contributed by atoms with Gasteiger partial charge in [-0.3, -0.25) is 0 Å². The van der Waals surface area contributed by atoms with E-state index >= 15 is 0 Å². The van der Waals surface area contributed by atoms with E-state index in [4.69, 9.17) is 0 Å². The molecular formula is C6H14Ru. The van der Waals surface area contributed by atoms with Crippen molar-refractivity contribution in [3.63, 3.8) is 0 Å². The van der Waals surface area contributed by atoms with E-state index in [2.05, 4.69) is 13.8 Å². The van der Waals surface area contributed by atoms with Crippen LogP contribution in [0.4, 0.5) is 0 Å². The minimum Gasteiger partial charge on any atom is -0.0654 e. The zero-order valence-corrected chi connectivity index (χ0v) is 6.92. The van der Waals surface area contributed by atoms with E-state index in [1.54, 1.807) is 0 Å². The smallest absolute Gasteiger partial charge is 0 e. The second-order valence-electron chi connectivity index (χ2n) is 1.71. The van der Waals surface area contributed by atoms with Gasteiger partial charge in [0.2, 0.25) is 0 Å². The summed E-state index contributed by atoms with van der Waals surface area (Å²) in [6.07, 6.45) is 5.54. The topological polar surface area (TPSA) is 0 Å². The quantitative estimate of drug-likeness (QED) is 0.470. The molecule has 0 saturated heterocycles. The van der Waals surface area contributed by atoms with Crippen LogP contribution in [0.5, 0.6) is 0 Å². The summed E-state index contributed by atoms with van der Waals surface area (Å²) in [6, 6.07) is 0. The Morgan fingerprint density at radius 1 is 0.857 bits per heavy atom. The van der Waals surface area contributed by atoms with Crippen LogP contribution in [0.2, 0.25) is 0 Å². The van der Waals surface area contributed by atoms with E-state index in [9.17, 15) is 0 Å². The summed E-state index contributed by atoms with van der Waals surface area (Å²) >= 11 is 0. The Hall–Kier alpha value is 0.623. The van der Waals surface area contributed by atoms with E-state index < -0.39 is 0 Å². The van der Waals surface area contributed by atoms with Gasteiger partial charge in [0.05, 0.1) is 0 Å². The number of hydrogen-bond donors (Lipinski definition) is 0. The Labute approximate surface area is 59.4 Å². The van der Waals surface area contributed by atoms with Crippen LogP contribution in [0.25, 0.3) is 0 Å². The summed E-state index contributed by atoms with van der Waals surface area (Å²) in [4.78, 5) is 0. The molecule has 0 amide bonds. The van der Waals surface area contributed by atoms with Crippen LogP contribution in [-0.4, -0.2) is 0 Å². The van der Waals surface area contributed by atoms with Crippen LogP contribution in [0.1, 0.15) is 39.5 Å². The van der Waals surface area contributed by atoms with Gasteiger partial charge in [-0.25, -0.2) is 0 Å². The van der Waals surface area contributed by atoms with Gasteiger partial charge < -0.3 is 0 Å². The number of hydrogen-bond acceptors (Lipinski definition) is 0. The predicted molar refractivity (Wildman–Crippen MR) is 29.8 cm³/mol. The molecule has 0 aromatic carbocycles. The van der Waals surface area contributed by atoms with E-state index in [1.807, 2.05) is 0 Å². The molecule has 0 atom stereocenters. The summed E-state index contributed by atoms with van der Waals surface area (Å²) < 4.78 is 0. The van der Waals surface area contributed by atoms with Crippen molar-refractivity contribution >= 4 is 0 Å². The Morgan fingerprint density at radius 2 is 1.14 bits per heavy atom. The summed E-state index contributed by atoms with van der Waals surface area (Å²) in [5.74, 6) is 0. The van der Waals surface area contributed by atoms with Gasteiger partial charge in [0, 0.05) is 19.5 Å². The Bertz CT molecular complexity index is 16.1. The van der Waals surface area contributed by atoms with Crippen molar-refractivity contribution in [1.82, 2.24) is 0 Å². The fraction of sp³-hybridized carbons (Fsp3) is 1.00. The van der Waals surface area contributed by atoms with Gasteiger partial charge in [0.25, 0.3) is 0 Å². The summed E-state index contributed by atoms with van der Waals surface area (Å²) in [7, 11) is 0. The molecule has 0 aromatic heterocycles. The average Bonchev–Trinajstić information content (AvgIpc) is 1.61. The molecule has 0 unspecified atom stereocenters. The fourth-order valence-corrected chi connectivity index (χ4v) is 0.500. The van der Waals surface area contributed by atoms with Gasteiger partial charge in [-0.05, 0) is 0 Å². The van der Waals surface area contributed by atoms with E-state index in [-0.39, 0.29) is 19.5 Å². The molecule has 0 nitrogen and oxygen atoms in total. The summed E-state index contributed by atoms with van der Waals surface area (Å²) in [6.45, 7) is 4.46. The van der Waals surface area contributed by atoms with Gasteiger partial charge in [-0.2, -0.15) is 0 Å². The molecular weight excluding hydrogens is 173 g/mol. The van der Waals surface area contributed by atoms with E-state index in [0.717, 1.165) is 0 Å². The molecule has 0 aliphatic heterocycles. The SMILES string of the molecule is CCCCCC.[Ru]. The minimum atomic E-state index is 0. The van der Waals surface area contributed by atoms with Crippen molar-refractivity contribution < 1.29 is 19.5 Å². The Balaban J connectivity index is 0. The molecule has 0 heterocycles. The molecule has 0 saturated carbocycles. The van der Waals surface area contributed by atoms with Crippen LogP contribution in [0.15, 0.2) is 0 Å². The van der Waals surface area contributed by atoms with Gasteiger partial charge in [-0.15, -0.1) is 0 Å². The fourth-order valence-electron chi connectivity index (χ4n) is 0.500. The monoisotopic (exact) mass is 188 g/mol. The molecule has 0 N–H and O–H groups in total. The van der Waals surface area contributed by atoms with Crippen LogP contribution >= 0.6 is 0 Å². The van der Waals surface area contributed by atoms with E-state index in [1.165, 1.54) is 25.7 Å². The maximum absolute atomic E-state index is 2.23. The molecule has 0 fully saturated rings. The molecule has 0 spiro atoms. The predicted octanol–water partition coefficient (Wildman–Crippen LogP) is 2.58. The number of unbranched alkanes of at least 4 members (excludes halogenated alkanes) is 3. The Morgan fingerprint density at radius 3 is 1.29 bits per heavy atom. The first-order valence-corrected chi connectivity index (χ1v) is 2.91. The van der Waals surface area contributed by atoms with Crippen molar-refractivity contribution in [2.75, 3.05) is 0 Å². The summed E-state index contributed by atoms with van der Waals surface area (Å²) in [5, 5.41) is 0. The molecule has 0 aliphatic rings. The molecule has 0 rings (SSSR count). The normalized spacial score (nSPS) is 7.71. The zero-order valence-electron chi connectivity index (χ0n) is 5.18.